The molecule has 34 heavy (non-hydrogen) atoms. The lowest BCUT2D eigenvalue weighted by molar-refractivity contribution is 0.0529. The quantitative estimate of drug-likeness (QED) is 0.421. The number of hydrogen-bond acceptors (Lipinski definition) is 5. The highest BCUT2D eigenvalue weighted by atomic mass is 35.5. The van der Waals surface area contributed by atoms with Crippen LogP contribution in [-0.4, -0.2) is 62.6 Å². The molecule has 1 fully saturated rings. The molecule has 0 unspecified atom stereocenters. The summed E-state index contributed by atoms with van der Waals surface area (Å²) in [4.78, 5) is 34.7. The number of piperazine rings is 1. The average molecular weight is 496 g/mol. The van der Waals surface area contributed by atoms with Crippen molar-refractivity contribution < 1.29 is 14.0 Å². The third kappa shape index (κ3) is 4.44. The first-order valence-electron chi connectivity index (χ1n) is 10.6. The number of carbonyl (C=O) groups is 2. The smallest absolute Gasteiger partial charge is 0.293 e. The van der Waals surface area contributed by atoms with Gasteiger partial charge in [-0.25, -0.2) is 14.1 Å². The molecular weight excluding hydrogens is 477 g/mol. The summed E-state index contributed by atoms with van der Waals surface area (Å²) in [5.41, 5.74) is 1.17. The molecule has 3 heterocycles. The van der Waals surface area contributed by atoms with E-state index in [0.29, 0.717) is 48.3 Å². The lowest BCUT2D eigenvalue weighted by atomic mass is 10.2. The summed E-state index contributed by atoms with van der Waals surface area (Å²) in [6.07, 6.45) is 0. The van der Waals surface area contributed by atoms with Crippen molar-refractivity contribution in [2.24, 2.45) is 0 Å². The second kappa shape index (κ2) is 9.36. The summed E-state index contributed by atoms with van der Waals surface area (Å²) >= 11 is 7.38. The Morgan fingerprint density at radius 1 is 0.882 bits per heavy atom. The zero-order valence-corrected chi connectivity index (χ0v) is 19.5. The zero-order chi connectivity index (χ0) is 23.7. The van der Waals surface area contributed by atoms with Gasteiger partial charge in [-0.15, -0.1) is 16.4 Å². The van der Waals surface area contributed by atoms with Crippen LogP contribution in [0, 0.1) is 5.82 Å². The monoisotopic (exact) mass is 495 g/mol. The predicted molar refractivity (Wildman–Crippen MR) is 128 cm³/mol. The molecule has 0 bridgehead atoms. The maximum atomic E-state index is 13.4. The van der Waals surface area contributed by atoms with Crippen molar-refractivity contribution in [3.63, 3.8) is 0 Å². The molecule has 1 aliphatic rings. The van der Waals surface area contributed by atoms with Crippen molar-refractivity contribution in [3.8, 4) is 16.4 Å². The number of hydrogen-bond donors (Lipinski definition) is 0. The van der Waals surface area contributed by atoms with Crippen LogP contribution < -0.4 is 0 Å². The second-order valence-corrected chi connectivity index (χ2v) is 9.10. The van der Waals surface area contributed by atoms with Crippen LogP contribution in [0.5, 0.6) is 0 Å². The first kappa shape index (κ1) is 22.2. The number of aromatic nitrogens is 3. The number of carbonyl (C=O) groups excluding carboxylic acids is 2. The first-order valence-corrected chi connectivity index (χ1v) is 11.9. The van der Waals surface area contributed by atoms with Crippen LogP contribution in [0.4, 0.5) is 4.39 Å². The van der Waals surface area contributed by atoms with E-state index in [1.807, 2.05) is 17.5 Å². The highest BCUT2D eigenvalue weighted by Gasteiger charge is 2.29. The van der Waals surface area contributed by atoms with Gasteiger partial charge in [0.25, 0.3) is 11.8 Å². The Kier molecular flexibility index (Phi) is 6.12. The van der Waals surface area contributed by atoms with Gasteiger partial charge in [0.2, 0.25) is 5.82 Å². The van der Waals surface area contributed by atoms with Gasteiger partial charge >= 0.3 is 0 Å². The molecule has 7 nitrogen and oxygen atoms in total. The third-order valence-corrected chi connectivity index (χ3v) is 6.67. The second-order valence-electron chi connectivity index (χ2n) is 7.72. The summed E-state index contributed by atoms with van der Waals surface area (Å²) in [6.45, 7) is 1.56. The van der Waals surface area contributed by atoms with Gasteiger partial charge in [0.15, 0.2) is 5.82 Å². The van der Waals surface area contributed by atoms with Crippen LogP contribution >= 0.6 is 22.9 Å². The normalized spacial score (nSPS) is 13.8. The van der Waals surface area contributed by atoms with E-state index in [4.69, 9.17) is 11.6 Å². The summed E-state index contributed by atoms with van der Waals surface area (Å²) in [5, 5.41) is 6.94. The predicted octanol–water partition coefficient (Wildman–Crippen LogP) is 4.39. The number of amides is 2. The fourth-order valence-corrected chi connectivity index (χ4v) is 4.58. The van der Waals surface area contributed by atoms with E-state index in [2.05, 4.69) is 10.1 Å². The summed E-state index contributed by atoms with van der Waals surface area (Å²) in [5.74, 6) is -0.185. The maximum Gasteiger partial charge on any atom is 0.293 e. The van der Waals surface area contributed by atoms with Crippen LogP contribution in [0.2, 0.25) is 5.02 Å². The highest BCUT2D eigenvalue weighted by Crippen LogP contribution is 2.26. The molecule has 1 saturated heterocycles. The van der Waals surface area contributed by atoms with E-state index in [0.717, 1.165) is 4.88 Å². The van der Waals surface area contributed by atoms with Gasteiger partial charge in [0.05, 0.1) is 10.6 Å². The number of benzene rings is 2. The van der Waals surface area contributed by atoms with E-state index < -0.39 is 0 Å². The Hall–Kier alpha value is -3.56. The molecule has 2 aromatic carbocycles. The molecule has 4 aromatic rings. The molecule has 0 spiro atoms. The lowest BCUT2D eigenvalue weighted by Crippen LogP contribution is -2.50. The molecule has 10 heteroatoms. The molecule has 2 aromatic heterocycles. The largest absolute Gasteiger partial charge is 0.335 e. The minimum Gasteiger partial charge on any atom is -0.335 e. The number of rotatable bonds is 4. The summed E-state index contributed by atoms with van der Waals surface area (Å²) in [6, 6.07) is 16.4. The summed E-state index contributed by atoms with van der Waals surface area (Å²) in [7, 11) is 0. The van der Waals surface area contributed by atoms with Gasteiger partial charge in [-0.2, -0.15) is 0 Å². The molecule has 0 radical (unpaired) electrons. The van der Waals surface area contributed by atoms with Crippen LogP contribution in [-0.2, 0) is 0 Å². The molecule has 0 aliphatic carbocycles. The zero-order valence-electron chi connectivity index (χ0n) is 17.9. The van der Waals surface area contributed by atoms with Crippen molar-refractivity contribution in [2.45, 2.75) is 0 Å². The van der Waals surface area contributed by atoms with Gasteiger partial charge in [0, 0.05) is 36.8 Å². The Labute approximate surface area is 204 Å². The van der Waals surface area contributed by atoms with E-state index in [1.165, 1.54) is 23.5 Å². The van der Waals surface area contributed by atoms with Crippen LogP contribution in [0.1, 0.15) is 21.0 Å². The van der Waals surface area contributed by atoms with Crippen LogP contribution in [0.3, 0.4) is 0 Å². The van der Waals surface area contributed by atoms with Gasteiger partial charge < -0.3 is 9.80 Å². The molecule has 5 rings (SSSR count). The van der Waals surface area contributed by atoms with Crippen molar-refractivity contribution in [2.75, 3.05) is 26.2 Å². The van der Waals surface area contributed by atoms with E-state index >= 15 is 0 Å². The first-order chi connectivity index (χ1) is 16.5. The number of halogens is 2. The highest BCUT2D eigenvalue weighted by molar-refractivity contribution is 7.13. The minimum absolute atomic E-state index is 0.0604. The van der Waals surface area contributed by atoms with Gasteiger partial charge in [0.1, 0.15) is 5.82 Å². The molecule has 0 atom stereocenters. The van der Waals surface area contributed by atoms with Crippen LogP contribution in [0.15, 0.2) is 66.0 Å². The fourth-order valence-electron chi connectivity index (χ4n) is 3.76. The third-order valence-electron chi connectivity index (χ3n) is 5.56. The maximum absolute atomic E-state index is 13.4. The van der Waals surface area contributed by atoms with Crippen molar-refractivity contribution in [3.05, 3.63) is 88.3 Å². The lowest BCUT2D eigenvalue weighted by Gasteiger charge is -2.34. The van der Waals surface area contributed by atoms with E-state index in [9.17, 15) is 14.0 Å². The van der Waals surface area contributed by atoms with Gasteiger partial charge in [-0.3, -0.25) is 9.59 Å². The Morgan fingerprint density at radius 3 is 2.15 bits per heavy atom. The molecule has 0 saturated carbocycles. The van der Waals surface area contributed by atoms with Gasteiger partial charge in [-0.05, 0) is 60.0 Å². The Balaban J connectivity index is 1.34. The fraction of sp³-hybridized carbons (Fsp3) is 0.167. The molecule has 0 N–H and O–H groups in total. The molecule has 1 aliphatic heterocycles. The van der Waals surface area contributed by atoms with Gasteiger partial charge in [-0.1, -0.05) is 17.7 Å². The van der Waals surface area contributed by atoms with Crippen molar-refractivity contribution in [1.82, 2.24) is 24.6 Å². The number of thiophene rings is 1. The Morgan fingerprint density at radius 2 is 1.53 bits per heavy atom. The minimum atomic E-state index is -0.358. The van der Waals surface area contributed by atoms with Crippen LogP contribution in [0.25, 0.3) is 16.4 Å². The average Bonchev–Trinajstić information content (AvgIpc) is 3.55. The molecule has 172 valence electrons. The standard InChI is InChI=1S/C24H19ClFN5O2S/c25-17-5-3-16(4-6-17)23(32)29-11-13-30(14-12-29)24(33)21-27-22(20-2-1-15-34-20)31(28-21)19-9-7-18(26)8-10-19/h1-10,15H,11-14H2. The number of nitrogens with zero attached hydrogens (tertiary/aromatic N) is 5. The van der Waals surface area contributed by atoms with E-state index in [1.54, 1.807) is 50.9 Å². The molecular formula is C24H19ClFN5O2S. The molecule has 2 amide bonds. The van der Waals surface area contributed by atoms with E-state index in [-0.39, 0.29) is 23.5 Å². The summed E-state index contributed by atoms with van der Waals surface area (Å²) < 4.78 is 15.0. The van der Waals surface area contributed by atoms with Crippen molar-refractivity contribution in [1.29, 1.82) is 0 Å². The Bertz CT molecular complexity index is 1310. The van der Waals surface area contributed by atoms with Crippen molar-refractivity contribution >= 4 is 34.8 Å². The topological polar surface area (TPSA) is 71.3 Å². The SMILES string of the molecule is O=C(c1ccc(Cl)cc1)N1CCN(C(=O)c2nc(-c3cccs3)n(-c3ccc(F)cc3)n2)CC1.